The van der Waals surface area contributed by atoms with Crippen LogP contribution in [-0.2, 0) is 5.75 Å². The van der Waals surface area contributed by atoms with E-state index in [1.807, 2.05) is 42.5 Å². The van der Waals surface area contributed by atoms with Crippen LogP contribution in [0.4, 0.5) is 10.8 Å². The van der Waals surface area contributed by atoms with Crippen molar-refractivity contribution in [3.8, 4) is 0 Å². The summed E-state index contributed by atoms with van der Waals surface area (Å²) in [6.07, 6.45) is 0. The topological polar surface area (TPSA) is 37.8 Å². The van der Waals surface area contributed by atoms with Crippen LogP contribution in [0.1, 0.15) is 5.56 Å². The monoisotopic (exact) mass is 333 g/mol. The SMILES string of the molecule is Clc1ccc(Nc2nc(SCc3ccccc3)ns2)cc1. The first kappa shape index (κ1) is 14.4. The maximum atomic E-state index is 5.86. The molecule has 0 atom stereocenters. The summed E-state index contributed by atoms with van der Waals surface area (Å²) in [5, 5.41) is 5.52. The molecular formula is C15H12ClN3S2. The van der Waals surface area contributed by atoms with Crippen molar-refractivity contribution >= 4 is 45.7 Å². The Labute approximate surface area is 136 Å². The van der Waals surface area contributed by atoms with E-state index < -0.39 is 0 Å². The normalized spacial score (nSPS) is 10.5. The van der Waals surface area contributed by atoms with Gasteiger partial charge in [-0.25, -0.2) is 0 Å². The molecule has 0 radical (unpaired) electrons. The van der Waals surface area contributed by atoms with Crippen molar-refractivity contribution in [1.29, 1.82) is 0 Å². The van der Waals surface area contributed by atoms with Gasteiger partial charge in [-0.2, -0.15) is 9.36 Å². The summed E-state index contributed by atoms with van der Waals surface area (Å²) < 4.78 is 4.35. The van der Waals surface area contributed by atoms with Gasteiger partial charge in [0.15, 0.2) is 0 Å². The predicted molar refractivity (Wildman–Crippen MR) is 90.6 cm³/mol. The minimum atomic E-state index is 0.719. The van der Waals surface area contributed by atoms with Crippen LogP contribution < -0.4 is 5.32 Å². The van der Waals surface area contributed by atoms with Gasteiger partial charge >= 0.3 is 0 Å². The van der Waals surface area contributed by atoms with Crippen molar-refractivity contribution in [3.63, 3.8) is 0 Å². The highest BCUT2D eigenvalue weighted by molar-refractivity contribution is 7.98. The zero-order valence-corrected chi connectivity index (χ0v) is 13.4. The van der Waals surface area contributed by atoms with E-state index in [-0.39, 0.29) is 0 Å². The van der Waals surface area contributed by atoms with Crippen LogP contribution in [0.3, 0.4) is 0 Å². The summed E-state index contributed by atoms with van der Waals surface area (Å²) in [4.78, 5) is 4.47. The van der Waals surface area contributed by atoms with E-state index >= 15 is 0 Å². The number of thioether (sulfide) groups is 1. The third-order valence-corrected chi connectivity index (χ3v) is 4.63. The lowest BCUT2D eigenvalue weighted by Crippen LogP contribution is -1.88. The van der Waals surface area contributed by atoms with Crippen molar-refractivity contribution in [3.05, 3.63) is 65.2 Å². The number of halogens is 1. The summed E-state index contributed by atoms with van der Waals surface area (Å²) in [6, 6.07) is 17.8. The van der Waals surface area contributed by atoms with Gasteiger partial charge in [0.2, 0.25) is 10.3 Å². The van der Waals surface area contributed by atoms with Crippen LogP contribution in [0, 0.1) is 0 Å². The van der Waals surface area contributed by atoms with Gasteiger partial charge in [-0.1, -0.05) is 53.7 Å². The zero-order chi connectivity index (χ0) is 14.5. The molecule has 0 aliphatic carbocycles. The summed E-state index contributed by atoms with van der Waals surface area (Å²) >= 11 is 8.85. The third kappa shape index (κ3) is 4.20. The molecule has 106 valence electrons. The molecule has 6 heteroatoms. The molecule has 1 aromatic heterocycles. The van der Waals surface area contributed by atoms with Crippen molar-refractivity contribution in [2.45, 2.75) is 10.9 Å². The molecule has 3 rings (SSSR count). The first-order valence-electron chi connectivity index (χ1n) is 6.32. The third-order valence-electron chi connectivity index (χ3n) is 2.71. The standard InChI is InChI=1S/C15H12ClN3S2/c16-12-6-8-13(9-7-12)17-14-18-15(19-21-14)20-10-11-4-2-1-3-5-11/h1-9H,10H2,(H,17,18,19). The van der Waals surface area contributed by atoms with Crippen molar-refractivity contribution in [1.82, 2.24) is 9.36 Å². The molecular weight excluding hydrogens is 322 g/mol. The molecule has 2 aromatic carbocycles. The van der Waals surface area contributed by atoms with Gasteiger partial charge in [-0.05, 0) is 29.8 Å². The zero-order valence-electron chi connectivity index (χ0n) is 11.0. The molecule has 0 unspecified atom stereocenters. The van der Waals surface area contributed by atoms with Gasteiger partial charge < -0.3 is 5.32 Å². The summed E-state index contributed by atoms with van der Waals surface area (Å²) in [5.74, 6) is 0.873. The van der Waals surface area contributed by atoms with E-state index in [4.69, 9.17) is 11.6 Å². The highest BCUT2D eigenvalue weighted by atomic mass is 35.5. The van der Waals surface area contributed by atoms with Gasteiger partial charge in [0.05, 0.1) is 0 Å². The molecule has 3 nitrogen and oxygen atoms in total. The highest BCUT2D eigenvalue weighted by Gasteiger charge is 2.05. The number of benzene rings is 2. The number of anilines is 2. The number of rotatable bonds is 5. The minimum absolute atomic E-state index is 0.719. The lowest BCUT2D eigenvalue weighted by molar-refractivity contribution is 1.08. The second-order valence-electron chi connectivity index (χ2n) is 4.29. The van der Waals surface area contributed by atoms with Gasteiger partial charge in [-0.3, -0.25) is 0 Å². The molecule has 0 bridgehead atoms. The fraction of sp³-hybridized carbons (Fsp3) is 0.0667. The molecule has 1 heterocycles. The largest absolute Gasteiger partial charge is 0.330 e. The second-order valence-corrected chi connectivity index (χ2v) is 6.42. The number of aromatic nitrogens is 2. The van der Waals surface area contributed by atoms with Crippen molar-refractivity contribution in [2.24, 2.45) is 0 Å². The maximum absolute atomic E-state index is 5.86. The van der Waals surface area contributed by atoms with Crippen LogP contribution in [-0.4, -0.2) is 9.36 Å². The smallest absolute Gasteiger partial charge is 0.207 e. The summed E-state index contributed by atoms with van der Waals surface area (Å²) in [6.45, 7) is 0. The van der Waals surface area contributed by atoms with Crippen LogP contribution in [0.25, 0.3) is 0 Å². The lowest BCUT2D eigenvalue weighted by Gasteiger charge is -2.01. The molecule has 1 N–H and O–H groups in total. The second kappa shape index (κ2) is 6.93. The van der Waals surface area contributed by atoms with Gasteiger partial charge in [0.25, 0.3) is 0 Å². The van der Waals surface area contributed by atoms with E-state index in [1.165, 1.54) is 17.1 Å². The molecule has 0 amide bonds. The van der Waals surface area contributed by atoms with Crippen LogP contribution in [0.2, 0.25) is 5.02 Å². The van der Waals surface area contributed by atoms with E-state index in [1.54, 1.807) is 11.8 Å². The first-order valence-corrected chi connectivity index (χ1v) is 8.46. The Morgan fingerprint density at radius 1 is 1.05 bits per heavy atom. The first-order chi connectivity index (χ1) is 10.3. The van der Waals surface area contributed by atoms with Gasteiger partial charge in [-0.15, -0.1) is 0 Å². The quantitative estimate of drug-likeness (QED) is 0.649. The van der Waals surface area contributed by atoms with Crippen LogP contribution in [0.15, 0.2) is 59.8 Å². The number of hydrogen-bond acceptors (Lipinski definition) is 5. The van der Waals surface area contributed by atoms with E-state index in [2.05, 4.69) is 26.8 Å². The number of hydrogen-bond donors (Lipinski definition) is 1. The summed E-state index contributed by atoms with van der Waals surface area (Å²) in [7, 11) is 0. The van der Waals surface area contributed by atoms with Gasteiger partial charge in [0, 0.05) is 28.0 Å². The van der Waals surface area contributed by atoms with E-state index in [0.29, 0.717) is 0 Å². The number of nitrogens with zero attached hydrogens (tertiary/aromatic N) is 2. The average molecular weight is 334 g/mol. The Bertz CT molecular complexity index is 698. The molecule has 0 saturated heterocycles. The molecule has 3 aromatic rings. The van der Waals surface area contributed by atoms with Gasteiger partial charge in [0.1, 0.15) is 0 Å². The molecule has 21 heavy (non-hydrogen) atoms. The Morgan fingerprint density at radius 3 is 2.57 bits per heavy atom. The highest BCUT2D eigenvalue weighted by Crippen LogP contribution is 2.26. The molecule has 0 aliphatic heterocycles. The Morgan fingerprint density at radius 2 is 1.81 bits per heavy atom. The Kier molecular flexibility index (Phi) is 4.75. The Hall–Kier alpha value is -1.56. The number of nitrogens with one attached hydrogen (secondary N) is 1. The van der Waals surface area contributed by atoms with E-state index in [0.717, 1.165) is 26.8 Å². The molecule has 0 aliphatic rings. The fourth-order valence-electron chi connectivity index (χ4n) is 1.70. The summed E-state index contributed by atoms with van der Waals surface area (Å²) in [5.41, 5.74) is 2.22. The van der Waals surface area contributed by atoms with Crippen molar-refractivity contribution < 1.29 is 0 Å². The molecule has 0 saturated carbocycles. The van der Waals surface area contributed by atoms with E-state index in [9.17, 15) is 0 Å². The lowest BCUT2D eigenvalue weighted by atomic mass is 10.2. The molecule has 0 fully saturated rings. The fourth-order valence-corrected chi connectivity index (χ4v) is 3.34. The maximum Gasteiger partial charge on any atom is 0.207 e. The van der Waals surface area contributed by atoms with Crippen molar-refractivity contribution in [2.75, 3.05) is 5.32 Å². The average Bonchev–Trinajstić information content (AvgIpc) is 2.96. The molecule has 0 spiro atoms. The minimum Gasteiger partial charge on any atom is -0.330 e. The van der Waals surface area contributed by atoms with Crippen LogP contribution >= 0.6 is 34.9 Å². The Balaban J connectivity index is 1.59. The van der Waals surface area contributed by atoms with Crippen LogP contribution in [0.5, 0.6) is 0 Å². The predicted octanol–water partition coefficient (Wildman–Crippen LogP) is 5.23.